The first kappa shape index (κ1) is 29.0. The minimum Gasteiger partial charge on any atom is -1.00 e. The van der Waals surface area contributed by atoms with Crippen LogP contribution in [-0.4, -0.2) is 12.0 Å². The molecule has 0 spiro atoms. The Balaban J connectivity index is -0.00000220. The lowest BCUT2D eigenvalue weighted by molar-refractivity contribution is -0.368. The lowest BCUT2D eigenvalue weighted by Crippen LogP contribution is -3.00. The van der Waals surface area contributed by atoms with Crippen molar-refractivity contribution in [3.8, 4) is 0 Å². The van der Waals surface area contributed by atoms with Crippen LogP contribution in [0.2, 0.25) is 0 Å². The van der Waals surface area contributed by atoms with Gasteiger partial charge < -0.3 is 23.6 Å². The van der Waals surface area contributed by atoms with Crippen LogP contribution in [0.15, 0.2) is 0 Å². The molecule has 0 aromatic heterocycles. The van der Waals surface area contributed by atoms with Gasteiger partial charge >= 0.3 is 0 Å². The van der Waals surface area contributed by atoms with Gasteiger partial charge in [0.25, 0.3) is 0 Å². The van der Waals surface area contributed by atoms with E-state index in [-0.39, 0.29) is 17.9 Å². The first-order valence-electron chi connectivity index (χ1n) is 10.4. The van der Waals surface area contributed by atoms with E-state index in [1.54, 1.807) is 0 Å². The molecule has 0 aliphatic carbocycles. The molecular weight excluding hydrogens is 318 g/mol. The van der Waals surface area contributed by atoms with E-state index in [0.717, 1.165) is 6.54 Å². The number of hydrogen-bond donors (Lipinski definition) is 1. The maximum Gasteiger partial charge on any atom is 0.0739 e. The van der Waals surface area contributed by atoms with Gasteiger partial charge in [-0.3, -0.25) is 0 Å². The Hall–Kier alpha value is 0.210. The van der Waals surface area contributed by atoms with Crippen LogP contribution in [0.3, 0.4) is 0 Å². The third-order valence-electron chi connectivity index (χ3n) is 4.68. The van der Waals surface area contributed by atoms with Crippen molar-refractivity contribution in [3.05, 3.63) is 0 Å². The van der Waals surface area contributed by atoms with Crippen LogP contribution in [-0.2, 0) is 0 Å². The van der Waals surface area contributed by atoms with Crippen LogP contribution >= 0.6 is 0 Å². The molecule has 0 atom stereocenters. The number of quaternary nitrogens is 1. The standard InChI is InChI=1S/C21H45N.ClH.H2O/c1-21(2,3)19-17-15-13-11-9-7-5-4-6-8-10-12-14-16-18-20-22;;/h4-20,22H2,1-3H3;1H;1H2. The van der Waals surface area contributed by atoms with Gasteiger partial charge in [0.2, 0.25) is 0 Å². The monoisotopic (exact) mass is 365 g/mol. The van der Waals surface area contributed by atoms with Crippen LogP contribution in [0, 0.1) is 5.41 Å². The molecule has 150 valence electrons. The zero-order chi connectivity index (χ0) is 16.5. The second kappa shape index (κ2) is 21.3. The predicted molar refractivity (Wildman–Crippen MR) is 105 cm³/mol. The second-order valence-electron chi connectivity index (χ2n) is 8.47. The lowest BCUT2D eigenvalue weighted by Gasteiger charge is -2.17. The van der Waals surface area contributed by atoms with Gasteiger partial charge in [0, 0.05) is 0 Å². The Bertz CT molecular complexity index is 216. The number of unbranched alkanes of at least 4 members (excludes halogenated alkanes) is 14. The molecule has 0 saturated carbocycles. The number of halogens is 1. The summed E-state index contributed by atoms with van der Waals surface area (Å²) >= 11 is 0. The fourth-order valence-corrected chi connectivity index (χ4v) is 3.13. The summed E-state index contributed by atoms with van der Waals surface area (Å²) in [6.07, 6.45) is 23.1. The van der Waals surface area contributed by atoms with Gasteiger partial charge in [-0.05, 0) is 24.7 Å². The molecule has 5 N–H and O–H groups in total. The first-order chi connectivity index (χ1) is 10.6. The number of rotatable bonds is 16. The van der Waals surface area contributed by atoms with Gasteiger partial charge in [0.15, 0.2) is 0 Å². The van der Waals surface area contributed by atoms with Gasteiger partial charge in [-0.15, -0.1) is 0 Å². The van der Waals surface area contributed by atoms with E-state index in [1.165, 1.54) is 103 Å². The summed E-state index contributed by atoms with van der Waals surface area (Å²) in [6.45, 7) is 8.19. The smallest absolute Gasteiger partial charge is 0.0739 e. The Morgan fingerprint density at radius 1 is 0.500 bits per heavy atom. The normalized spacial score (nSPS) is 11.0. The Labute approximate surface area is 159 Å². The minimum atomic E-state index is 0. The molecule has 0 aliphatic rings. The van der Waals surface area contributed by atoms with Crippen molar-refractivity contribution in [1.82, 2.24) is 0 Å². The van der Waals surface area contributed by atoms with Crippen LogP contribution < -0.4 is 18.1 Å². The van der Waals surface area contributed by atoms with Crippen LogP contribution in [0.25, 0.3) is 0 Å². The number of hydrogen-bond acceptors (Lipinski definition) is 0. The average molecular weight is 366 g/mol. The van der Waals surface area contributed by atoms with E-state index in [1.807, 2.05) is 0 Å². The molecule has 0 rings (SSSR count). The van der Waals surface area contributed by atoms with Gasteiger partial charge in [0.05, 0.1) is 6.54 Å². The molecular formula is C21H48ClNO. The molecule has 0 saturated heterocycles. The Morgan fingerprint density at radius 3 is 1.00 bits per heavy atom. The topological polar surface area (TPSA) is 59.1 Å². The molecule has 0 aromatic carbocycles. The Kier molecular flexibility index (Phi) is 25.7. The summed E-state index contributed by atoms with van der Waals surface area (Å²) in [4.78, 5) is 0. The molecule has 3 heteroatoms. The van der Waals surface area contributed by atoms with Gasteiger partial charge in [0.1, 0.15) is 0 Å². The molecule has 0 fully saturated rings. The van der Waals surface area contributed by atoms with E-state index in [4.69, 9.17) is 0 Å². The molecule has 24 heavy (non-hydrogen) atoms. The van der Waals surface area contributed by atoms with Gasteiger partial charge in [-0.1, -0.05) is 104 Å². The van der Waals surface area contributed by atoms with Crippen molar-refractivity contribution in [2.45, 2.75) is 124 Å². The first-order valence-corrected chi connectivity index (χ1v) is 10.4. The molecule has 0 radical (unpaired) electrons. The van der Waals surface area contributed by atoms with Gasteiger partial charge in [-0.2, -0.15) is 0 Å². The SMILES string of the molecule is CC(C)(C)CCCCCCCCCCCCCCCCC[NH3+].O.[Cl-]. The minimum absolute atomic E-state index is 0. The molecule has 2 nitrogen and oxygen atoms in total. The highest BCUT2D eigenvalue weighted by Crippen LogP contribution is 2.22. The molecule has 0 amide bonds. The summed E-state index contributed by atoms with van der Waals surface area (Å²) in [7, 11) is 0. The fourth-order valence-electron chi connectivity index (χ4n) is 3.13. The third kappa shape index (κ3) is 27.1. The quantitative estimate of drug-likeness (QED) is 0.409. The molecule has 0 aromatic rings. The average Bonchev–Trinajstić information content (AvgIpc) is 2.45. The van der Waals surface area contributed by atoms with Crippen molar-refractivity contribution in [2.75, 3.05) is 6.54 Å². The van der Waals surface area contributed by atoms with Crippen LogP contribution in [0.1, 0.15) is 124 Å². The maximum absolute atomic E-state index is 3.90. The highest BCUT2D eigenvalue weighted by Gasteiger charge is 2.08. The van der Waals surface area contributed by atoms with E-state index in [0.29, 0.717) is 5.41 Å². The molecule has 0 aliphatic heterocycles. The van der Waals surface area contributed by atoms with Crippen molar-refractivity contribution >= 4 is 0 Å². The highest BCUT2D eigenvalue weighted by atomic mass is 35.5. The summed E-state index contributed by atoms with van der Waals surface area (Å²) < 4.78 is 0. The van der Waals surface area contributed by atoms with Crippen molar-refractivity contribution in [1.29, 1.82) is 0 Å². The summed E-state index contributed by atoms with van der Waals surface area (Å²) in [5.74, 6) is 0. The summed E-state index contributed by atoms with van der Waals surface area (Å²) in [5, 5.41) is 0. The zero-order valence-corrected chi connectivity index (χ0v) is 17.9. The highest BCUT2D eigenvalue weighted by molar-refractivity contribution is 4.61. The Morgan fingerprint density at radius 2 is 0.750 bits per heavy atom. The third-order valence-corrected chi connectivity index (χ3v) is 4.68. The van der Waals surface area contributed by atoms with Gasteiger partial charge in [-0.25, -0.2) is 0 Å². The van der Waals surface area contributed by atoms with Crippen molar-refractivity contribution < 1.29 is 23.6 Å². The predicted octanol–water partition coefficient (Wildman–Crippen LogP) is 2.70. The van der Waals surface area contributed by atoms with E-state index in [2.05, 4.69) is 26.5 Å². The van der Waals surface area contributed by atoms with Crippen molar-refractivity contribution in [3.63, 3.8) is 0 Å². The maximum atomic E-state index is 3.90. The van der Waals surface area contributed by atoms with E-state index < -0.39 is 0 Å². The fraction of sp³-hybridized carbons (Fsp3) is 1.00. The molecule has 0 heterocycles. The van der Waals surface area contributed by atoms with Crippen molar-refractivity contribution in [2.24, 2.45) is 5.41 Å². The molecule has 0 unspecified atom stereocenters. The largest absolute Gasteiger partial charge is 1.00 e. The van der Waals surface area contributed by atoms with Crippen LogP contribution in [0.5, 0.6) is 0 Å². The van der Waals surface area contributed by atoms with E-state index in [9.17, 15) is 0 Å². The lowest BCUT2D eigenvalue weighted by atomic mass is 9.89. The van der Waals surface area contributed by atoms with Crippen LogP contribution in [0.4, 0.5) is 0 Å². The summed E-state index contributed by atoms with van der Waals surface area (Å²) in [5.41, 5.74) is 4.43. The molecule has 0 bridgehead atoms. The zero-order valence-electron chi connectivity index (χ0n) is 17.1. The van der Waals surface area contributed by atoms with E-state index >= 15 is 0 Å². The summed E-state index contributed by atoms with van der Waals surface area (Å²) in [6, 6.07) is 0. The second-order valence-corrected chi connectivity index (χ2v) is 8.47.